The highest BCUT2D eigenvalue weighted by Gasteiger charge is 2.35. The topological polar surface area (TPSA) is 111 Å². The number of nitrogens with zero attached hydrogens (tertiary/aromatic N) is 4. The predicted molar refractivity (Wildman–Crippen MR) is 114 cm³/mol. The highest BCUT2D eigenvalue weighted by Crippen LogP contribution is 2.31. The van der Waals surface area contributed by atoms with Gasteiger partial charge in [-0.1, -0.05) is 29.4 Å². The van der Waals surface area contributed by atoms with Crippen LogP contribution in [0, 0.1) is 6.92 Å². The summed E-state index contributed by atoms with van der Waals surface area (Å²) in [5, 5.41) is 3.86. The van der Waals surface area contributed by atoms with E-state index in [1.54, 1.807) is 13.0 Å². The lowest BCUT2D eigenvalue weighted by atomic mass is 9.94. The first-order valence-electron chi connectivity index (χ1n) is 10.4. The summed E-state index contributed by atoms with van der Waals surface area (Å²) in [6, 6.07) is 14.1. The van der Waals surface area contributed by atoms with Crippen molar-refractivity contribution in [3.8, 4) is 11.5 Å². The molecular formula is C23H23N5O3. The van der Waals surface area contributed by atoms with Crippen molar-refractivity contribution in [2.75, 3.05) is 6.54 Å². The molecule has 3 heterocycles. The largest absolute Gasteiger partial charge is 0.439 e. The van der Waals surface area contributed by atoms with E-state index in [4.69, 9.17) is 14.7 Å². The predicted octanol–water partition coefficient (Wildman–Crippen LogP) is 3.88. The van der Waals surface area contributed by atoms with Crippen LogP contribution in [0.2, 0.25) is 0 Å². The smallest absolute Gasteiger partial charge is 0.258 e. The fraction of sp³-hybridized carbons (Fsp3) is 0.304. The number of amides is 1. The second kappa shape index (κ2) is 7.96. The summed E-state index contributed by atoms with van der Waals surface area (Å²) in [4.78, 5) is 24.3. The molecule has 1 unspecified atom stereocenters. The average Bonchev–Trinajstić information content (AvgIpc) is 3.44. The fourth-order valence-corrected chi connectivity index (χ4v) is 4.20. The Kier molecular flexibility index (Phi) is 4.99. The quantitative estimate of drug-likeness (QED) is 0.536. The Hall–Kier alpha value is -3.52. The molecule has 0 bridgehead atoms. The molecule has 1 saturated heterocycles. The van der Waals surface area contributed by atoms with Gasteiger partial charge in [0.05, 0.1) is 17.2 Å². The van der Waals surface area contributed by atoms with Crippen LogP contribution in [0.3, 0.4) is 0 Å². The second-order valence-corrected chi connectivity index (χ2v) is 7.80. The Morgan fingerprint density at radius 2 is 1.94 bits per heavy atom. The number of hydrogen-bond donors (Lipinski definition) is 1. The van der Waals surface area contributed by atoms with Crippen molar-refractivity contribution in [1.29, 1.82) is 0 Å². The molecule has 1 aliphatic heterocycles. The normalized spacial score (nSPS) is 17.7. The molecule has 1 aliphatic rings. The molecule has 2 atom stereocenters. The van der Waals surface area contributed by atoms with Crippen molar-refractivity contribution >= 4 is 17.0 Å². The van der Waals surface area contributed by atoms with E-state index in [2.05, 4.69) is 15.1 Å². The lowest BCUT2D eigenvalue weighted by Crippen LogP contribution is -2.49. The van der Waals surface area contributed by atoms with E-state index < -0.39 is 6.04 Å². The maximum absolute atomic E-state index is 13.6. The minimum absolute atomic E-state index is 0.109. The van der Waals surface area contributed by atoms with Gasteiger partial charge in [0.15, 0.2) is 11.4 Å². The molecule has 2 N–H and O–H groups in total. The van der Waals surface area contributed by atoms with Gasteiger partial charge < -0.3 is 19.6 Å². The van der Waals surface area contributed by atoms with Crippen molar-refractivity contribution in [1.82, 2.24) is 20.0 Å². The summed E-state index contributed by atoms with van der Waals surface area (Å²) in [5.41, 5.74) is 9.19. The van der Waals surface area contributed by atoms with E-state index in [9.17, 15) is 4.79 Å². The standard InChI is InChI=1S/C23H23N5O3/c1-14-25-21(31-27-14)15-8-2-3-9-16(15)23(29)28-13-7-6-11-18(28)20(24)22-26-17-10-4-5-12-19(17)30-22/h2-5,8-10,12,18,20H,6-7,11,13,24H2,1H3/t18-,20?/m0/s1. The number of aromatic nitrogens is 3. The average molecular weight is 417 g/mol. The van der Waals surface area contributed by atoms with Gasteiger partial charge in [0.1, 0.15) is 11.6 Å². The molecule has 0 saturated carbocycles. The first-order valence-corrected chi connectivity index (χ1v) is 10.4. The first-order chi connectivity index (χ1) is 15.1. The third kappa shape index (κ3) is 3.59. The zero-order chi connectivity index (χ0) is 21.4. The number of hydrogen-bond acceptors (Lipinski definition) is 7. The number of fused-ring (bicyclic) bond motifs is 1. The molecule has 1 fully saturated rings. The highest BCUT2D eigenvalue weighted by molar-refractivity contribution is 6.00. The maximum atomic E-state index is 13.6. The van der Waals surface area contributed by atoms with Crippen LogP contribution in [-0.4, -0.2) is 38.5 Å². The zero-order valence-corrected chi connectivity index (χ0v) is 17.2. The van der Waals surface area contributed by atoms with Crippen molar-refractivity contribution in [2.45, 2.75) is 38.3 Å². The van der Waals surface area contributed by atoms with E-state index in [-0.39, 0.29) is 11.9 Å². The van der Waals surface area contributed by atoms with Crippen LogP contribution in [0.4, 0.5) is 0 Å². The van der Waals surface area contributed by atoms with Crippen molar-refractivity contribution in [3.05, 3.63) is 65.8 Å². The van der Waals surface area contributed by atoms with Crippen LogP contribution in [0.1, 0.15) is 47.4 Å². The number of para-hydroxylation sites is 2. The molecule has 158 valence electrons. The van der Waals surface area contributed by atoms with Gasteiger partial charge >= 0.3 is 0 Å². The Morgan fingerprint density at radius 1 is 1.13 bits per heavy atom. The Bertz CT molecular complexity index is 1200. The molecule has 8 nitrogen and oxygen atoms in total. The van der Waals surface area contributed by atoms with E-state index in [0.717, 1.165) is 24.8 Å². The van der Waals surface area contributed by atoms with Gasteiger partial charge in [-0.05, 0) is 50.5 Å². The number of piperidine rings is 1. The van der Waals surface area contributed by atoms with Gasteiger partial charge in [0.25, 0.3) is 11.8 Å². The van der Waals surface area contributed by atoms with Crippen LogP contribution >= 0.6 is 0 Å². The number of likely N-dealkylation sites (tertiary alicyclic amines) is 1. The summed E-state index contributed by atoms with van der Waals surface area (Å²) in [5.74, 6) is 1.19. The third-order valence-corrected chi connectivity index (χ3v) is 5.74. The van der Waals surface area contributed by atoms with Crippen LogP contribution in [0.5, 0.6) is 0 Å². The lowest BCUT2D eigenvalue weighted by molar-refractivity contribution is 0.0561. The summed E-state index contributed by atoms with van der Waals surface area (Å²) < 4.78 is 11.2. The van der Waals surface area contributed by atoms with Gasteiger partial charge in [-0.2, -0.15) is 4.98 Å². The fourth-order valence-electron chi connectivity index (χ4n) is 4.20. The van der Waals surface area contributed by atoms with Crippen molar-refractivity contribution in [2.24, 2.45) is 5.73 Å². The molecule has 8 heteroatoms. The second-order valence-electron chi connectivity index (χ2n) is 7.80. The van der Waals surface area contributed by atoms with Crippen LogP contribution in [0.25, 0.3) is 22.6 Å². The lowest BCUT2D eigenvalue weighted by Gasteiger charge is -2.38. The zero-order valence-electron chi connectivity index (χ0n) is 17.2. The Balaban J connectivity index is 1.48. The van der Waals surface area contributed by atoms with Crippen LogP contribution in [0.15, 0.2) is 57.5 Å². The van der Waals surface area contributed by atoms with E-state index >= 15 is 0 Å². The molecule has 2 aromatic heterocycles. The summed E-state index contributed by atoms with van der Waals surface area (Å²) in [7, 11) is 0. The SMILES string of the molecule is Cc1noc(-c2ccccc2C(=O)N2CCCC[C@H]2C(N)c2nc3ccccc3o2)n1. The van der Waals surface area contributed by atoms with Crippen LogP contribution < -0.4 is 5.73 Å². The van der Waals surface area contributed by atoms with E-state index in [1.807, 2.05) is 47.4 Å². The Morgan fingerprint density at radius 3 is 2.74 bits per heavy atom. The minimum atomic E-state index is -0.519. The van der Waals surface area contributed by atoms with Crippen molar-refractivity contribution in [3.63, 3.8) is 0 Å². The molecule has 5 rings (SSSR count). The third-order valence-electron chi connectivity index (χ3n) is 5.74. The number of carbonyl (C=O) groups excluding carboxylic acids is 1. The minimum Gasteiger partial charge on any atom is -0.439 e. The van der Waals surface area contributed by atoms with E-state index in [1.165, 1.54) is 0 Å². The molecule has 0 spiro atoms. The number of nitrogens with two attached hydrogens (primary N) is 1. The number of carbonyl (C=O) groups is 1. The van der Waals surface area contributed by atoms with Gasteiger partial charge in [-0.15, -0.1) is 0 Å². The number of benzene rings is 2. The summed E-state index contributed by atoms with van der Waals surface area (Å²) in [6.45, 7) is 2.37. The molecule has 31 heavy (non-hydrogen) atoms. The molecule has 0 radical (unpaired) electrons. The Labute approximate surface area is 179 Å². The summed E-state index contributed by atoms with van der Waals surface area (Å²) in [6.07, 6.45) is 2.70. The molecule has 2 aromatic carbocycles. The van der Waals surface area contributed by atoms with Gasteiger partial charge in [0.2, 0.25) is 5.89 Å². The first kappa shape index (κ1) is 19.4. The number of aryl methyl sites for hydroxylation is 1. The molecular weight excluding hydrogens is 394 g/mol. The summed E-state index contributed by atoms with van der Waals surface area (Å²) >= 11 is 0. The number of oxazole rings is 1. The molecule has 1 amide bonds. The molecule has 0 aliphatic carbocycles. The highest BCUT2D eigenvalue weighted by atomic mass is 16.5. The monoisotopic (exact) mass is 417 g/mol. The van der Waals surface area contributed by atoms with Gasteiger partial charge in [-0.25, -0.2) is 4.98 Å². The maximum Gasteiger partial charge on any atom is 0.258 e. The molecule has 4 aromatic rings. The number of rotatable bonds is 4. The van der Waals surface area contributed by atoms with Gasteiger partial charge in [-0.3, -0.25) is 4.79 Å². The van der Waals surface area contributed by atoms with Crippen molar-refractivity contribution < 1.29 is 13.7 Å². The van der Waals surface area contributed by atoms with Crippen LogP contribution in [-0.2, 0) is 0 Å². The van der Waals surface area contributed by atoms with Gasteiger partial charge in [0, 0.05) is 6.54 Å². The van der Waals surface area contributed by atoms with E-state index in [0.29, 0.717) is 40.9 Å².